The molecule has 3 N–H and O–H groups in total. The zero-order chi connectivity index (χ0) is 16.7. The smallest absolute Gasteiger partial charge is 0.134 e. The van der Waals surface area contributed by atoms with Gasteiger partial charge in [0.15, 0.2) is 0 Å². The van der Waals surface area contributed by atoms with Gasteiger partial charge in [-0.3, -0.25) is 0 Å². The van der Waals surface area contributed by atoms with Crippen molar-refractivity contribution in [1.82, 2.24) is 9.97 Å². The molecule has 2 aromatic rings. The van der Waals surface area contributed by atoms with Crippen molar-refractivity contribution in [3.63, 3.8) is 0 Å². The second-order valence-corrected chi connectivity index (χ2v) is 7.45. The first-order valence-corrected chi connectivity index (χ1v) is 9.03. The molecule has 6 heteroatoms. The molecule has 1 heterocycles. The largest absolute Gasteiger partial charge is 0.366 e. The highest BCUT2D eigenvalue weighted by atomic mass is 35.5. The van der Waals surface area contributed by atoms with Crippen LogP contribution in [-0.4, -0.2) is 16.0 Å². The topological polar surface area (TPSA) is 63.8 Å². The maximum absolute atomic E-state index is 5.96. The Morgan fingerprint density at radius 3 is 2.46 bits per heavy atom. The second-order valence-electron chi connectivity index (χ2n) is 7.45. The van der Waals surface area contributed by atoms with Gasteiger partial charge in [0.05, 0.1) is 0 Å². The highest BCUT2D eigenvalue weighted by molar-refractivity contribution is 5.85. The Bertz CT molecular complexity index is 755. The molecule has 26 heavy (non-hydrogen) atoms. The zero-order valence-corrected chi connectivity index (χ0v) is 17.0. The Hall–Kier alpha value is -1.36. The van der Waals surface area contributed by atoms with E-state index in [0.29, 0.717) is 17.9 Å². The number of benzene rings is 1. The predicted molar refractivity (Wildman–Crippen MR) is 112 cm³/mol. The van der Waals surface area contributed by atoms with Gasteiger partial charge in [0.25, 0.3) is 0 Å². The molecule has 2 aliphatic carbocycles. The SMILES string of the molecule is Cc1cccc(CNc2cc(C3CC(N)C3)nc(C3CC3)n2)c1C.Cl.Cl. The van der Waals surface area contributed by atoms with Crippen LogP contribution in [0.5, 0.6) is 0 Å². The lowest BCUT2D eigenvalue weighted by Crippen LogP contribution is -2.35. The fourth-order valence-electron chi connectivity index (χ4n) is 3.40. The van der Waals surface area contributed by atoms with Gasteiger partial charge in [-0.15, -0.1) is 24.8 Å². The van der Waals surface area contributed by atoms with Crippen molar-refractivity contribution in [2.45, 2.75) is 64.0 Å². The van der Waals surface area contributed by atoms with Crippen LogP contribution in [0.25, 0.3) is 0 Å². The van der Waals surface area contributed by atoms with Crippen LogP contribution < -0.4 is 11.1 Å². The lowest BCUT2D eigenvalue weighted by molar-refractivity contribution is 0.344. The molecule has 0 aliphatic heterocycles. The van der Waals surface area contributed by atoms with Gasteiger partial charge in [-0.05, 0) is 56.2 Å². The first-order valence-electron chi connectivity index (χ1n) is 9.03. The zero-order valence-electron chi connectivity index (χ0n) is 15.4. The van der Waals surface area contributed by atoms with Crippen LogP contribution in [0.15, 0.2) is 24.3 Å². The molecule has 2 fully saturated rings. The average molecular weight is 395 g/mol. The predicted octanol–water partition coefficient (Wildman–Crippen LogP) is 4.63. The normalized spacial score (nSPS) is 21.2. The van der Waals surface area contributed by atoms with Crippen LogP contribution in [0, 0.1) is 13.8 Å². The Morgan fingerprint density at radius 1 is 1.08 bits per heavy atom. The molecule has 1 aromatic heterocycles. The Kier molecular flexibility index (Phi) is 6.89. The average Bonchev–Trinajstić information content (AvgIpc) is 3.38. The van der Waals surface area contributed by atoms with Crippen LogP contribution in [-0.2, 0) is 6.54 Å². The van der Waals surface area contributed by atoms with Gasteiger partial charge in [0.2, 0.25) is 0 Å². The molecule has 4 nitrogen and oxygen atoms in total. The summed E-state index contributed by atoms with van der Waals surface area (Å²) in [6.07, 6.45) is 4.56. The molecule has 0 saturated heterocycles. The highest BCUT2D eigenvalue weighted by Gasteiger charge is 2.32. The molecule has 1 aromatic carbocycles. The lowest BCUT2D eigenvalue weighted by Gasteiger charge is -2.32. The summed E-state index contributed by atoms with van der Waals surface area (Å²) in [4.78, 5) is 9.60. The minimum absolute atomic E-state index is 0. The van der Waals surface area contributed by atoms with Gasteiger partial charge >= 0.3 is 0 Å². The number of aryl methyl sites for hydroxylation is 1. The van der Waals surface area contributed by atoms with E-state index >= 15 is 0 Å². The Morgan fingerprint density at radius 2 is 1.81 bits per heavy atom. The number of nitrogens with two attached hydrogens (primary N) is 1. The second kappa shape index (κ2) is 8.55. The molecule has 0 amide bonds. The monoisotopic (exact) mass is 394 g/mol. The summed E-state index contributed by atoms with van der Waals surface area (Å²) in [6, 6.07) is 8.95. The third-order valence-corrected chi connectivity index (χ3v) is 5.48. The van der Waals surface area contributed by atoms with Crippen molar-refractivity contribution in [3.8, 4) is 0 Å². The molecule has 4 rings (SSSR count). The minimum atomic E-state index is 0. The molecule has 142 valence electrons. The molecule has 0 unspecified atom stereocenters. The van der Waals surface area contributed by atoms with Gasteiger partial charge in [-0.2, -0.15) is 0 Å². The first kappa shape index (κ1) is 20.9. The van der Waals surface area contributed by atoms with E-state index in [4.69, 9.17) is 15.7 Å². The van der Waals surface area contributed by atoms with Crippen LogP contribution in [0.2, 0.25) is 0 Å². The summed E-state index contributed by atoms with van der Waals surface area (Å²) in [5.41, 5.74) is 11.2. The maximum Gasteiger partial charge on any atom is 0.134 e. The van der Waals surface area contributed by atoms with E-state index in [1.165, 1.54) is 35.2 Å². The molecule has 0 bridgehead atoms. The van der Waals surface area contributed by atoms with Gasteiger partial charge < -0.3 is 11.1 Å². The van der Waals surface area contributed by atoms with Gasteiger partial charge in [0, 0.05) is 36.2 Å². The van der Waals surface area contributed by atoms with Crippen LogP contribution >= 0.6 is 24.8 Å². The van der Waals surface area contributed by atoms with Crippen molar-refractivity contribution in [2.75, 3.05) is 5.32 Å². The summed E-state index contributed by atoms with van der Waals surface area (Å²) in [5, 5.41) is 3.52. The molecule has 0 atom stereocenters. The number of nitrogens with one attached hydrogen (secondary N) is 1. The van der Waals surface area contributed by atoms with E-state index in [1.807, 2.05) is 0 Å². The third-order valence-electron chi connectivity index (χ3n) is 5.48. The van der Waals surface area contributed by atoms with Crippen molar-refractivity contribution in [3.05, 3.63) is 52.5 Å². The van der Waals surface area contributed by atoms with Crippen molar-refractivity contribution < 1.29 is 0 Å². The fourth-order valence-corrected chi connectivity index (χ4v) is 3.40. The molecular formula is C20H28Cl2N4. The number of aromatic nitrogens is 2. The molecular weight excluding hydrogens is 367 g/mol. The molecule has 2 aliphatic rings. The molecule has 0 spiro atoms. The number of nitrogens with zero attached hydrogens (tertiary/aromatic N) is 2. The highest BCUT2D eigenvalue weighted by Crippen LogP contribution is 2.41. The molecule has 2 saturated carbocycles. The van der Waals surface area contributed by atoms with Crippen LogP contribution in [0.4, 0.5) is 5.82 Å². The van der Waals surface area contributed by atoms with E-state index in [9.17, 15) is 0 Å². The third kappa shape index (κ3) is 4.48. The van der Waals surface area contributed by atoms with Crippen LogP contribution in [0.3, 0.4) is 0 Å². The summed E-state index contributed by atoms with van der Waals surface area (Å²) >= 11 is 0. The van der Waals surface area contributed by atoms with Crippen molar-refractivity contribution in [2.24, 2.45) is 5.73 Å². The standard InChI is InChI=1S/C20H26N4.2ClH/c1-12-4-3-5-15(13(12)2)11-22-19-10-18(16-8-17(21)9-16)23-20(24-19)14-6-7-14;;/h3-5,10,14,16-17H,6-9,11,21H2,1-2H3,(H,22,23,24);2*1H. The lowest BCUT2D eigenvalue weighted by atomic mass is 9.78. The van der Waals surface area contributed by atoms with E-state index in [0.717, 1.165) is 31.0 Å². The van der Waals surface area contributed by atoms with E-state index in [1.54, 1.807) is 0 Å². The quantitative estimate of drug-likeness (QED) is 0.775. The summed E-state index contributed by atoms with van der Waals surface area (Å²) in [5.74, 6) is 3.07. The van der Waals surface area contributed by atoms with Crippen molar-refractivity contribution >= 4 is 30.6 Å². The summed E-state index contributed by atoms with van der Waals surface area (Å²) < 4.78 is 0. The Balaban J connectivity index is 0.00000121. The maximum atomic E-state index is 5.96. The number of anilines is 1. The fraction of sp³-hybridized carbons (Fsp3) is 0.500. The number of rotatable bonds is 5. The summed E-state index contributed by atoms with van der Waals surface area (Å²) in [7, 11) is 0. The Labute approximate surface area is 168 Å². The first-order chi connectivity index (χ1) is 11.6. The summed E-state index contributed by atoms with van der Waals surface area (Å²) in [6.45, 7) is 5.15. The number of halogens is 2. The van der Waals surface area contributed by atoms with Gasteiger partial charge in [0.1, 0.15) is 11.6 Å². The van der Waals surface area contributed by atoms with E-state index in [2.05, 4.69) is 43.4 Å². The number of hydrogen-bond acceptors (Lipinski definition) is 4. The van der Waals surface area contributed by atoms with Crippen LogP contribution in [0.1, 0.15) is 65.7 Å². The minimum Gasteiger partial charge on any atom is -0.366 e. The van der Waals surface area contributed by atoms with Gasteiger partial charge in [-0.25, -0.2) is 9.97 Å². The number of hydrogen-bond donors (Lipinski definition) is 2. The van der Waals surface area contributed by atoms with E-state index < -0.39 is 0 Å². The van der Waals surface area contributed by atoms with Gasteiger partial charge in [-0.1, -0.05) is 18.2 Å². The van der Waals surface area contributed by atoms with Crippen molar-refractivity contribution in [1.29, 1.82) is 0 Å². The van der Waals surface area contributed by atoms with E-state index in [-0.39, 0.29) is 24.8 Å². The molecule has 0 radical (unpaired) electrons.